The molecule has 2 N–H and O–H groups in total. The number of benzene rings is 2. The van der Waals surface area contributed by atoms with E-state index in [0.717, 1.165) is 22.8 Å². The van der Waals surface area contributed by atoms with Crippen LogP contribution in [0.2, 0.25) is 5.02 Å². The molecule has 0 amide bonds. The monoisotopic (exact) mass is 504 g/mol. The minimum absolute atomic E-state index is 0.210. The summed E-state index contributed by atoms with van der Waals surface area (Å²) >= 11 is 12.3. The Morgan fingerprint density at radius 2 is 1.94 bits per heavy atom. The highest BCUT2D eigenvalue weighted by Crippen LogP contribution is 2.43. The van der Waals surface area contributed by atoms with Crippen molar-refractivity contribution in [3.63, 3.8) is 0 Å². The van der Waals surface area contributed by atoms with Crippen molar-refractivity contribution in [3.05, 3.63) is 107 Å². The summed E-state index contributed by atoms with van der Waals surface area (Å²) in [6.07, 6.45) is 3.66. The van der Waals surface area contributed by atoms with Crippen molar-refractivity contribution < 1.29 is 14.6 Å². The number of anilines is 1. The lowest BCUT2D eigenvalue weighted by molar-refractivity contribution is 0.0697. The maximum Gasteiger partial charge on any atom is 0.335 e. The van der Waals surface area contributed by atoms with Crippen LogP contribution < -0.4 is 15.0 Å². The molecular weight excluding hydrogens is 484 g/mol. The Labute approximate surface area is 212 Å². The maximum atomic E-state index is 11.6. The van der Waals surface area contributed by atoms with E-state index < -0.39 is 5.97 Å². The fraction of sp³-hybridized carbons (Fsp3) is 0.115. The molecule has 0 aliphatic carbocycles. The van der Waals surface area contributed by atoms with Crippen LogP contribution in [0.1, 0.15) is 33.8 Å². The first-order chi connectivity index (χ1) is 17.0. The Balaban J connectivity index is 1.67. The molecule has 2 aromatic heterocycles. The van der Waals surface area contributed by atoms with Crippen LogP contribution in [0.5, 0.6) is 5.75 Å². The second-order valence-electron chi connectivity index (χ2n) is 7.97. The van der Waals surface area contributed by atoms with Crippen LogP contribution in [-0.2, 0) is 0 Å². The van der Waals surface area contributed by atoms with Gasteiger partial charge in [0.05, 0.1) is 29.4 Å². The van der Waals surface area contributed by atoms with E-state index in [1.165, 1.54) is 0 Å². The molecule has 0 saturated carbocycles. The third-order valence-corrected chi connectivity index (χ3v) is 6.58. The first-order valence-corrected chi connectivity index (χ1v) is 11.6. The van der Waals surface area contributed by atoms with Crippen molar-refractivity contribution in [2.24, 2.45) is 0 Å². The molecule has 0 bridgehead atoms. The van der Waals surface area contributed by atoms with Gasteiger partial charge in [-0.2, -0.15) is 0 Å². The summed E-state index contributed by atoms with van der Waals surface area (Å²) in [4.78, 5) is 18.2. The highest BCUT2D eigenvalue weighted by Gasteiger charge is 2.42. The summed E-state index contributed by atoms with van der Waals surface area (Å²) in [6, 6.07) is 21.5. The average molecular weight is 505 g/mol. The van der Waals surface area contributed by atoms with Crippen molar-refractivity contribution in [2.75, 3.05) is 12.0 Å². The van der Waals surface area contributed by atoms with Crippen LogP contribution >= 0.6 is 23.8 Å². The number of carboxylic acid groups (broad SMARTS) is 1. The van der Waals surface area contributed by atoms with E-state index in [4.69, 9.17) is 28.6 Å². The summed E-state index contributed by atoms with van der Waals surface area (Å²) in [6.45, 7) is 0. The first-order valence-electron chi connectivity index (χ1n) is 10.8. The number of carbonyl (C=O) groups is 1. The van der Waals surface area contributed by atoms with Crippen LogP contribution in [0.25, 0.3) is 5.69 Å². The number of halogens is 1. The van der Waals surface area contributed by atoms with E-state index in [-0.39, 0.29) is 17.6 Å². The van der Waals surface area contributed by atoms with Gasteiger partial charge in [0.1, 0.15) is 11.8 Å². The van der Waals surface area contributed by atoms with E-state index in [0.29, 0.717) is 15.9 Å². The zero-order chi connectivity index (χ0) is 24.5. The standard InChI is InChI=1S/C26H21ClN4O3S/c1-34-22-11-10-18(15-19(22)27)31-24(23(29-26(31)35)20-8-2-3-12-28-20)21-9-5-13-30(21)17-7-4-6-16(14-17)25(32)33/h2-15,23-24H,1H3,(H,29,35)(H,32,33)/t23-,24+/m0/s1. The van der Waals surface area contributed by atoms with Crippen molar-refractivity contribution in [1.82, 2.24) is 14.9 Å². The van der Waals surface area contributed by atoms with Gasteiger partial charge in [0, 0.05) is 29.5 Å². The summed E-state index contributed by atoms with van der Waals surface area (Å²) in [5.74, 6) is -0.412. The quantitative estimate of drug-likeness (QED) is 0.340. The Kier molecular flexibility index (Phi) is 6.15. The van der Waals surface area contributed by atoms with E-state index in [1.54, 1.807) is 37.6 Å². The summed E-state index contributed by atoms with van der Waals surface area (Å²) in [5.41, 5.74) is 3.47. The highest BCUT2D eigenvalue weighted by molar-refractivity contribution is 7.80. The fourth-order valence-corrected chi connectivity index (χ4v) is 5.00. The van der Waals surface area contributed by atoms with Gasteiger partial charge in [0.2, 0.25) is 0 Å². The van der Waals surface area contributed by atoms with E-state index in [2.05, 4.69) is 10.3 Å². The topological polar surface area (TPSA) is 79.6 Å². The molecule has 0 unspecified atom stereocenters. The number of pyridine rings is 1. The predicted octanol–water partition coefficient (Wildman–Crippen LogP) is 5.41. The van der Waals surface area contributed by atoms with E-state index in [9.17, 15) is 9.90 Å². The van der Waals surface area contributed by atoms with Gasteiger partial charge < -0.3 is 24.6 Å². The maximum absolute atomic E-state index is 11.6. The van der Waals surface area contributed by atoms with Crippen molar-refractivity contribution >= 4 is 40.6 Å². The van der Waals surface area contributed by atoms with Gasteiger partial charge in [0.15, 0.2) is 5.11 Å². The van der Waals surface area contributed by atoms with Crippen molar-refractivity contribution in [3.8, 4) is 11.4 Å². The molecule has 7 nitrogen and oxygen atoms in total. The number of carboxylic acids is 1. The summed E-state index contributed by atoms with van der Waals surface area (Å²) < 4.78 is 7.30. The Hall–Kier alpha value is -3.88. The van der Waals surface area contributed by atoms with Crippen molar-refractivity contribution in [1.29, 1.82) is 0 Å². The molecule has 1 saturated heterocycles. The lowest BCUT2D eigenvalue weighted by atomic mass is 10.0. The van der Waals surface area contributed by atoms with Gasteiger partial charge in [-0.25, -0.2) is 4.79 Å². The smallest absolute Gasteiger partial charge is 0.335 e. The van der Waals surface area contributed by atoms with Gasteiger partial charge in [0.25, 0.3) is 0 Å². The molecule has 3 heterocycles. The molecule has 0 spiro atoms. The van der Waals surface area contributed by atoms with Gasteiger partial charge in [-0.05, 0) is 72.9 Å². The number of rotatable bonds is 6. The Bertz CT molecular complexity index is 1410. The highest BCUT2D eigenvalue weighted by atomic mass is 35.5. The summed E-state index contributed by atoms with van der Waals surface area (Å²) in [7, 11) is 1.57. The van der Waals surface area contributed by atoms with Crippen LogP contribution in [0.15, 0.2) is 85.2 Å². The molecular formula is C26H21ClN4O3S. The van der Waals surface area contributed by atoms with Gasteiger partial charge in [-0.3, -0.25) is 4.98 Å². The number of methoxy groups -OCH3 is 1. The van der Waals surface area contributed by atoms with Gasteiger partial charge in [-0.1, -0.05) is 23.7 Å². The predicted molar refractivity (Wildman–Crippen MR) is 139 cm³/mol. The Morgan fingerprint density at radius 3 is 2.66 bits per heavy atom. The molecule has 2 aromatic carbocycles. The molecule has 176 valence electrons. The van der Waals surface area contributed by atoms with Crippen LogP contribution in [0.3, 0.4) is 0 Å². The third kappa shape index (κ3) is 4.22. The molecule has 4 aromatic rings. The number of nitrogens with one attached hydrogen (secondary N) is 1. The SMILES string of the molecule is COc1ccc(N2C(=S)N[C@@H](c3ccccn3)[C@H]2c2cccn2-c2cccc(C(=O)O)c2)cc1Cl. The number of hydrogen-bond donors (Lipinski definition) is 2. The molecule has 1 fully saturated rings. The molecule has 35 heavy (non-hydrogen) atoms. The zero-order valence-electron chi connectivity index (χ0n) is 18.6. The number of aromatic carboxylic acids is 1. The first kappa shape index (κ1) is 22.9. The molecule has 9 heteroatoms. The lowest BCUT2D eigenvalue weighted by Crippen LogP contribution is -2.30. The van der Waals surface area contributed by atoms with Gasteiger partial charge in [-0.15, -0.1) is 0 Å². The summed E-state index contributed by atoms with van der Waals surface area (Å²) in [5, 5.41) is 13.9. The largest absolute Gasteiger partial charge is 0.495 e. The number of hydrogen-bond acceptors (Lipinski definition) is 4. The number of ether oxygens (including phenoxy) is 1. The normalized spacial score (nSPS) is 17.3. The molecule has 1 aliphatic rings. The zero-order valence-corrected chi connectivity index (χ0v) is 20.2. The fourth-order valence-electron chi connectivity index (χ4n) is 4.40. The Morgan fingerprint density at radius 1 is 1.09 bits per heavy atom. The molecule has 2 atom stereocenters. The van der Waals surface area contributed by atoms with Crippen molar-refractivity contribution in [2.45, 2.75) is 12.1 Å². The minimum atomic E-state index is -0.981. The number of thiocarbonyl (C=S) groups is 1. The lowest BCUT2D eigenvalue weighted by Gasteiger charge is -2.29. The average Bonchev–Trinajstić information content (AvgIpc) is 3.49. The minimum Gasteiger partial charge on any atom is -0.495 e. The molecule has 5 rings (SSSR count). The molecule has 1 aliphatic heterocycles. The van der Waals surface area contributed by atoms with E-state index >= 15 is 0 Å². The second kappa shape index (κ2) is 9.40. The number of aromatic nitrogens is 2. The third-order valence-electron chi connectivity index (χ3n) is 5.97. The van der Waals surface area contributed by atoms with Crippen LogP contribution in [0.4, 0.5) is 5.69 Å². The van der Waals surface area contributed by atoms with Crippen LogP contribution in [0, 0.1) is 0 Å². The second-order valence-corrected chi connectivity index (χ2v) is 8.77. The molecule has 0 radical (unpaired) electrons. The van der Waals surface area contributed by atoms with Gasteiger partial charge >= 0.3 is 5.97 Å². The van der Waals surface area contributed by atoms with E-state index in [1.807, 2.05) is 64.2 Å². The van der Waals surface area contributed by atoms with Crippen LogP contribution in [-0.4, -0.2) is 32.8 Å². The number of nitrogens with zero attached hydrogens (tertiary/aromatic N) is 3.